The molecule has 2 aromatic heterocycles. The first kappa shape index (κ1) is 31.4. The molecule has 2 heteroatoms. The first-order chi connectivity index (χ1) is 26.3. The highest BCUT2D eigenvalue weighted by atomic mass is 15.0. The van der Waals surface area contributed by atoms with E-state index in [4.69, 9.17) is 0 Å². The molecular formula is C52H42N2. The lowest BCUT2D eigenvalue weighted by molar-refractivity contribution is 0.332. The van der Waals surface area contributed by atoms with E-state index in [-0.39, 0.29) is 10.8 Å². The summed E-state index contributed by atoms with van der Waals surface area (Å²) in [5.41, 5.74) is 13.0. The largest absolute Gasteiger partial charge is 0.307 e. The minimum absolute atomic E-state index is 0.0924. The number of benzene rings is 8. The second-order valence-corrected chi connectivity index (χ2v) is 16.8. The standard InChI is InChI=1S/C52H42N2/c1-51(2)29-30-52(3,4)44-32-46-42(31-43(44)51)48-40-21-11-10-20-39(40)47-41-22-12-13-24-45(41)53(49(47)50(48)54(46)35-17-6-5-7-18-35)36-27-25-34(26-28-36)38-23-14-16-33-15-8-9-19-37(33)38/h5-28,31-32H,29-30H2,1-4H3. The van der Waals surface area contributed by atoms with Crippen LogP contribution in [-0.4, -0.2) is 9.13 Å². The first-order valence-corrected chi connectivity index (χ1v) is 19.4. The van der Waals surface area contributed by atoms with E-state index in [9.17, 15) is 0 Å². The van der Waals surface area contributed by atoms with Gasteiger partial charge in [-0.05, 0) is 110 Å². The lowest BCUT2D eigenvalue weighted by Crippen LogP contribution is -2.33. The summed E-state index contributed by atoms with van der Waals surface area (Å²) in [4.78, 5) is 0. The predicted molar refractivity (Wildman–Crippen MR) is 231 cm³/mol. The van der Waals surface area contributed by atoms with Gasteiger partial charge in [-0.3, -0.25) is 0 Å². The number of hydrogen-bond donors (Lipinski definition) is 0. The third-order valence-electron chi connectivity index (χ3n) is 12.7. The van der Waals surface area contributed by atoms with Crippen molar-refractivity contribution >= 4 is 65.2 Å². The third kappa shape index (κ3) is 4.34. The van der Waals surface area contributed by atoms with Gasteiger partial charge in [-0.25, -0.2) is 0 Å². The first-order valence-electron chi connectivity index (χ1n) is 19.4. The molecular weight excluding hydrogens is 653 g/mol. The van der Waals surface area contributed by atoms with Crippen molar-refractivity contribution in [1.29, 1.82) is 0 Å². The Bertz CT molecular complexity index is 3130. The monoisotopic (exact) mass is 694 g/mol. The molecule has 1 aliphatic rings. The van der Waals surface area contributed by atoms with Gasteiger partial charge in [-0.1, -0.05) is 143 Å². The Balaban J connectivity index is 1.32. The van der Waals surface area contributed by atoms with E-state index >= 15 is 0 Å². The van der Waals surface area contributed by atoms with Gasteiger partial charge in [0.25, 0.3) is 0 Å². The van der Waals surface area contributed by atoms with Crippen LogP contribution in [0.2, 0.25) is 0 Å². The van der Waals surface area contributed by atoms with Gasteiger partial charge in [0.2, 0.25) is 0 Å². The fourth-order valence-electron chi connectivity index (χ4n) is 9.88. The molecule has 0 aliphatic heterocycles. The Morgan fingerprint density at radius 1 is 0.407 bits per heavy atom. The van der Waals surface area contributed by atoms with Crippen molar-refractivity contribution in [2.45, 2.75) is 51.4 Å². The fraction of sp³-hybridized carbons (Fsp3) is 0.154. The van der Waals surface area contributed by atoms with E-state index < -0.39 is 0 Å². The molecule has 0 atom stereocenters. The second-order valence-electron chi connectivity index (χ2n) is 16.8. The average molecular weight is 695 g/mol. The zero-order chi connectivity index (χ0) is 36.3. The molecule has 260 valence electrons. The molecule has 8 aromatic carbocycles. The van der Waals surface area contributed by atoms with Crippen LogP contribution in [0.1, 0.15) is 51.7 Å². The van der Waals surface area contributed by atoms with E-state index in [1.807, 2.05) is 0 Å². The number of rotatable bonds is 3. The maximum atomic E-state index is 2.58. The lowest BCUT2D eigenvalue weighted by atomic mass is 9.63. The minimum atomic E-state index is 0.0924. The van der Waals surface area contributed by atoms with Crippen molar-refractivity contribution in [3.05, 3.63) is 169 Å². The average Bonchev–Trinajstić information content (AvgIpc) is 3.73. The predicted octanol–water partition coefficient (Wildman–Crippen LogP) is 14.2. The maximum Gasteiger partial charge on any atom is 0.0795 e. The Kier molecular flexibility index (Phi) is 6.51. The Hall–Kier alpha value is -6.12. The summed E-state index contributed by atoms with van der Waals surface area (Å²) in [5, 5.41) is 10.4. The smallest absolute Gasteiger partial charge is 0.0795 e. The van der Waals surface area contributed by atoms with Gasteiger partial charge in [0.05, 0.1) is 22.1 Å². The van der Waals surface area contributed by atoms with Crippen molar-refractivity contribution in [3.63, 3.8) is 0 Å². The molecule has 2 heterocycles. The van der Waals surface area contributed by atoms with Crippen LogP contribution in [0.15, 0.2) is 158 Å². The second kappa shape index (κ2) is 11.2. The molecule has 0 fully saturated rings. The van der Waals surface area contributed by atoms with Crippen LogP contribution in [0.5, 0.6) is 0 Å². The number of nitrogens with zero attached hydrogens (tertiary/aromatic N) is 2. The van der Waals surface area contributed by atoms with Gasteiger partial charge in [0.1, 0.15) is 0 Å². The summed E-state index contributed by atoms with van der Waals surface area (Å²) < 4.78 is 5.12. The van der Waals surface area contributed by atoms with Crippen LogP contribution in [0.4, 0.5) is 0 Å². The lowest BCUT2D eigenvalue weighted by Gasteiger charge is -2.42. The Labute approximate surface area is 315 Å². The third-order valence-corrected chi connectivity index (χ3v) is 12.7. The zero-order valence-electron chi connectivity index (χ0n) is 31.3. The van der Waals surface area contributed by atoms with Crippen LogP contribution in [0.25, 0.3) is 87.7 Å². The molecule has 0 radical (unpaired) electrons. The van der Waals surface area contributed by atoms with Crippen molar-refractivity contribution in [3.8, 4) is 22.5 Å². The Morgan fingerprint density at radius 3 is 1.63 bits per heavy atom. The van der Waals surface area contributed by atoms with Crippen LogP contribution < -0.4 is 0 Å². The van der Waals surface area contributed by atoms with Crippen LogP contribution >= 0.6 is 0 Å². The van der Waals surface area contributed by atoms with E-state index in [1.54, 1.807) is 0 Å². The summed E-state index contributed by atoms with van der Waals surface area (Å²) in [6, 6.07) is 58.9. The summed E-state index contributed by atoms with van der Waals surface area (Å²) in [7, 11) is 0. The van der Waals surface area contributed by atoms with Gasteiger partial charge in [0, 0.05) is 32.9 Å². The van der Waals surface area contributed by atoms with Gasteiger partial charge in [0.15, 0.2) is 0 Å². The van der Waals surface area contributed by atoms with E-state index in [2.05, 4.69) is 195 Å². The zero-order valence-corrected chi connectivity index (χ0v) is 31.3. The number of hydrogen-bond acceptors (Lipinski definition) is 0. The van der Waals surface area contributed by atoms with Gasteiger partial charge in [-0.15, -0.1) is 0 Å². The van der Waals surface area contributed by atoms with Crippen molar-refractivity contribution in [2.75, 3.05) is 0 Å². The van der Waals surface area contributed by atoms with Crippen LogP contribution in [0.3, 0.4) is 0 Å². The van der Waals surface area contributed by atoms with Gasteiger partial charge >= 0.3 is 0 Å². The quantitative estimate of drug-likeness (QED) is 0.174. The van der Waals surface area contributed by atoms with Crippen molar-refractivity contribution in [2.24, 2.45) is 0 Å². The molecule has 0 N–H and O–H groups in total. The topological polar surface area (TPSA) is 9.86 Å². The molecule has 0 bridgehead atoms. The van der Waals surface area contributed by atoms with E-state index in [0.717, 1.165) is 5.69 Å². The van der Waals surface area contributed by atoms with Gasteiger partial charge in [-0.2, -0.15) is 0 Å². The molecule has 2 nitrogen and oxygen atoms in total. The number of fused-ring (bicyclic) bond motifs is 12. The molecule has 0 spiro atoms. The molecule has 54 heavy (non-hydrogen) atoms. The van der Waals surface area contributed by atoms with E-state index in [1.165, 1.54) is 106 Å². The fourth-order valence-corrected chi connectivity index (χ4v) is 9.88. The highest BCUT2D eigenvalue weighted by Gasteiger charge is 2.38. The van der Waals surface area contributed by atoms with Crippen LogP contribution in [0, 0.1) is 0 Å². The van der Waals surface area contributed by atoms with Gasteiger partial charge < -0.3 is 9.13 Å². The molecule has 11 rings (SSSR count). The normalized spacial score (nSPS) is 15.2. The summed E-state index contributed by atoms with van der Waals surface area (Å²) in [5.74, 6) is 0. The van der Waals surface area contributed by atoms with Crippen molar-refractivity contribution < 1.29 is 0 Å². The summed E-state index contributed by atoms with van der Waals surface area (Å²) >= 11 is 0. The summed E-state index contributed by atoms with van der Waals surface area (Å²) in [6.45, 7) is 9.77. The minimum Gasteiger partial charge on any atom is -0.307 e. The van der Waals surface area contributed by atoms with E-state index in [0.29, 0.717) is 0 Å². The summed E-state index contributed by atoms with van der Waals surface area (Å²) in [6.07, 6.45) is 2.37. The molecule has 0 amide bonds. The molecule has 0 saturated carbocycles. The maximum absolute atomic E-state index is 2.58. The highest BCUT2D eigenvalue weighted by Crippen LogP contribution is 2.51. The molecule has 0 unspecified atom stereocenters. The highest BCUT2D eigenvalue weighted by molar-refractivity contribution is 6.36. The molecule has 1 aliphatic carbocycles. The molecule has 10 aromatic rings. The Morgan fingerprint density at radius 2 is 0.926 bits per heavy atom. The molecule has 0 saturated heterocycles. The van der Waals surface area contributed by atoms with Crippen molar-refractivity contribution in [1.82, 2.24) is 9.13 Å². The SMILES string of the molecule is CC1(C)CCC(C)(C)c2cc3c(cc21)c1c2ccccc2c2c4ccccc4n(-c4ccc(-c5cccc6ccccc56)cc4)c2c1n3-c1ccccc1. The van der Waals surface area contributed by atoms with Crippen LogP contribution in [-0.2, 0) is 10.8 Å². The number of aromatic nitrogens is 2. The number of para-hydroxylation sites is 2.